The highest BCUT2D eigenvalue weighted by Gasteiger charge is 2.21. The maximum atomic E-state index is 5.86. The highest BCUT2D eigenvalue weighted by Crippen LogP contribution is 2.16. The van der Waals surface area contributed by atoms with Crippen molar-refractivity contribution in [2.75, 3.05) is 39.4 Å². The molecule has 2 rings (SSSR count). The lowest BCUT2D eigenvalue weighted by atomic mass is 10.1. The Labute approximate surface area is 175 Å². The summed E-state index contributed by atoms with van der Waals surface area (Å²) < 4.78 is 11.6. The van der Waals surface area contributed by atoms with E-state index in [9.17, 15) is 0 Å². The summed E-state index contributed by atoms with van der Waals surface area (Å²) in [5.41, 5.74) is 2.45. The van der Waals surface area contributed by atoms with Gasteiger partial charge in [-0.15, -0.1) is 24.0 Å². The predicted molar refractivity (Wildman–Crippen MR) is 119 cm³/mol. The zero-order valence-corrected chi connectivity index (χ0v) is 18.9. The summed E-state index contributed by atoms with van der Waals surface area (Å²) >= 11 is 0. The second-order valence-corrected chi connectivity index (χ2v) is 6.55. The van der Waals surface area contributed by atoms with E-state index in [0.717, 1.165) is 50.8 Å². The lowest BCUT2D eigenvalue weighted by molar-refractivity contribution is 0.0263. The highest BCUT2D eigenvalue weighted by molar-refractivity contribution is 14.0. The molecule has 0 bridgehead atoms. The number of rotatable bonds is 7. The molecule has 6 heteroatoms. The first kappa shape index (κ1) is 23.0. The first-order chi connectivity index (χ1) is 12.1. The molecule has 0 unspecified atom stereocenters. The quantitative estimate of drug-likeness (QED) is 0.282. The number of aryl methyl sites for hydroxylation is 2. The van der Waals surface area contributed by atoms with Crippen LogP contribution in [0.2, 0.25) is 0 Å². The summed E-state index contributed by atoms with van der Waals surface area (Å²) in [6.07, 6.45) is 2.53. The number of ether oxygens (including phenoxy) is 2. The first-order valence-corrected chi connectivity index (χ1v) is 9.48. The van der Waals surface area contributed by atoms with Gasteiger partial charge in [0.25, 0.3) is 0 Å². The van der Waals surface area contributed by atoms with Crippen LogP contribution < -0.4 is 10.1 Å². The van der Waals surface area contributed by atoms with Crippen LogP contribution >= 0.6 is 24.0 Å². The Balaban J connectivity index is 0.00000338. The average molecular weight is 475 g/mol. The molecule has 0 atom stereocenters. The Kier molecular flexibility index (Phi) is 11.0. The summed E-state index contributed by atoms with van der Waals surface area (Å²) in [6, 6.07) is 6.29. The van der Waals surface area contributed by atoms with Crippen LogP contribution in [0.4, 0.5) is 0 Å². The average Bonchev–Trinajstić information content (AvgIpc) is 2.58. The largest absolute Gasteiger partial charge is 0.492 e. The minimum absolute atomic E-state index is 0. The Morgan fingerprint density at radius 2 is 1.81 bits per heavy atom. The van der Waals surface area contributed by atoms with Crippen LogP contribution in [0.25, 0.3) is 0 Å². The molecule has 1 fully saturated rings. The summed E-state index contributed by atoms with van der Waals surface area (Å²) in [7, 11) is 0. The Hall–Kier alpha value is -1.02. The van der Waals surface area contributed by atoms with E-state index < -0.39 is 0 Å². The molecule has 1 aliphatic heterocycles. The summed E-state index contributed by atoms with van der Waals surface area (Å²) in [4.78, 5) is 7.06. The van der Waals surface area contributed by atoms with E-state index in [2.05, 4.69) is 56.1 Å². The van der Waals surface area contributed by atoms with Crippen molar-refractivity contribution in [3.8, 4) is 5.75 Å². The van der Waals surface area contributed by atoms with Crippen molar-refractivity contribution in [1.29, 1.82) is 0 Å². The third-order valence-corrected chi connectivity index (χ3v) is 4.30. The number of aliphatic imine (C=N–C) groups is 1. The molecular weight excluding hydrogens is 441 g/mol. The smallest absolute Gasteiger partial charge is 0.194 e. The maximum absolute atomic E-state index is 5.86. The fraction of sp³-hybridized carbons (Fsp3) is 0.650. The molecule has 0 amide bonds. The fourth-order valence-corrected chi connectivity index (χ4v) is 3.23. The minimum atomic E-state index is 0. The van der Waals surface area contributed by atoms with Gasteiger partial charge < -0.3 is 19.7 Å². The standard InChI is InChI=1S/C20H33N3O2.HI/c1-5-21-20(23-10-7-18(8-11-23)24-6-2)22-9-12-25-19-14-16(3)13-17(4)15-19;/h13-15,18H,5-12H2,1-4H3,(H,21,22);1H. The van der Waals surface area contributed by atoms with Crippen LogP contribution in [0.1, 0.15) is 37.8 Å². The molecule has 1 aromatic carbocycles. The van der Waals surface area contributed by atoms with E-state index in [1.54, 1.807) is 0 Å². The molecule has 0 spiro atoms. The number of guanidine groups is 1. The van der Waals surface area contributed by atoms with Crippen molar-refractivity contribution >= 4 is 29.9 Å². The third kappa shape index (κ3) is 7.70. The second-order valence-electron chi connectivity index (χ2n) is 6.55. The van der Waals surface area contributed by atoms with Crippen LogP contribution in [0.15, 0.2) is 23.2 Å². The van der Waals surface area contributed by atoms with Crippen LogP contribution in [-0.2, 0) is 4.74 Å². The van der Waals surface area contributed by atoms with Crippen LogP contribution in [0, 0.1) is 13.8 Å². The van der Waals surface area contributed by atoms with Crippen LogP contribution in [-0.4, -0.2) is 56.4 Å². The van der Waals surface area contributed by atoms with Gasteiger partial charge in [-0.1, -0.05) is 6.07 Å². The van der Waals surface area contributed by atoms with Crippen LogP contribution in [0.5, 0.6) is 5.75 Å². The van der Waals surface area contributed by atoms with Gasteiger partial charge in [0.05, 0.1) is 12.6 Å². The number of benzene rings is 1. The number of piperidine rings is 1. The topological polar surface area (TPSA) is 46.1 Å². The molecule has 1 saturated heterocycles. The third-order valence-electron chi connectivity index (χ3n) is 4.30. The normalized spacial score (nSPS) is 15.5. The van der Waals surface area contributed by atoms with Crippen molar-refractivity contribution in [3.63, 3.8) is 0 Å². The number of nitrogens with one attached hydrogen (secondary N) is 1. The van der Waals surface area contributed by atoms with E-state index in [1.807, 2.05) is 0 Å². The monoisotopic (exact) mass is 475 g/mol. The Morgan fingerprint density at radius 1 is 1.15 bits per heavy atom. The number of hydrogen-bond donors (Lipinski definition) is 1. The molecule has 1 aromatic rings. The van der Waals surface area contributed by atoms with E-state index in [1.165, 1.54) is 11.1 Å². The van der Waals surface area contributed by atoms with Gasteiger partial charge in [0, 0.05) is 26.2 Å². The highest BCUT2D eigenvalue weighted by atomic mass is 127. The zero-order valence-electron chi connectivity index (χ0n) is 16.6. The molecule has 1 N–H and O–H groups in total. The lowest BCUT2D eigenvalue weighted by Crippen LogP contribution is -2.47. The number of hydrogen-bond acceptors (Lipinski definition) is 3. The maximum Gasteiger partial charge on any atom is 0.194 e. The van der Waals surface area contributed by atoms with E-state index in [4.69, 9.17) is 14.5 Å². The van der Waals surface area contributed by atoms with Crippen molar-refractivity contribution in [2.24, 2.45) is 4.99 Å². The van der Waals surface area contributed by atoms with Crippen molar-refractivity contribution in [3.05, 3.63) is 29.3 Å². The van der Waals surface area contributed by atoms with E-state index >= 15 is 0 Å². The van der Waals surface area contributed by atoms with Gasteiger partial charge in [-0.2, -0.15) is 0 Å². The second kappa shape index (κ2) is 12.4. The lowest BCUT2D eigenvalue weighted by Gasteiger charge is -2.34. The Morgan fingerprint density at radius 3 is 2.38 bits per heavy atom. The predicted octanol–water partition coefficient (Wildman–Crippen LogP) is 3.77. The first-order valence-electron chi connectivity index (χ1n) is 9.48. The molecule has 1 aliphatic rings. The molecule has 148 valence electrons. The van der Waals surface area contributed by atoms with Gasteiger partial charge in [0.15, 0.2) is 5.96 Å². The molecule has 0 aromatic heterocycles. The summed E-state index contributed by atoms with van der Waals surface area (Å²) in [5, 5.41) is 3.40. The number of likely N-dealkylation sites (tertiary alicyclic amines) is 1. The molecule has 26 heavy (non-hydrogen) atoms. The van der Waals surface area contributed by atoms with Crippen molar-refractivity contribution in [1.82, 2.24) is 10.2 Å². The van der Waals surface area contributed by atoms with Gasteiger partial charge in [-0.3, -0.25) is 0 Å². The summed E-state index contributed by atoms with van der Waals surface area (Å²) in [5.74, 6) is 1.91. The summed E-state index contributed by atoms with van der Waals surface area (Å²) in [6.45, 7) is 13.3. The van der Waals surface area contributed by atoms with E-state index in [-0.39, 0.29) is 24.0 Å². The van der Waals surface area contributed by atoms with Gasteiger partial charge >= 0.3 is 0 Å². The molecule has 1 heterocycles. The Bertz CT molecular complexity index is 538. The fourth-order valence-electron chi connectivity index (χ4n) is 3.23. The number of halogens is 1. The van der Waals surface area contributed by atoms with E-state index in [0.29, 0.717) is 19.3 Å². The van der Waals surface area contributed by atoms with Gasteiger partial charge in [-0.05, 0) is 63.8 Å². The van der Waals surface area contributed by atoms with Gasteiger partial charge in [0.2, 0.25) is 0 Å². The van der Waals surface area contributed by atoms with Gasteiger partial charge in [0.1, 0.15) is 12.4 Å². The molecule has 0 radical (unpaired) electrons. The van der Waals surface area contributed by atoms with Crippen LogP contribution in [0.3, 0.4) is 0 Å². The molecule has 0 aliphatic carbocycles. The SMILES string of the molecule is CCNC(=NCCOc1cc(C)cc(C)c1)N1CCC(OCC)CC1.I. The van der Waals surface area contributed by atoms with Crippen molar-refractivity contribution < 1.29 is 9.47 Å². The molecule has 0 saturated carbocycles. The minimum Gasteiger partial charge on any atom is -0.492 e. The molecule has 5 nitrogen and oxygen atoms in total. The molecular formula is C20H34IN3O2. The van der Waals surface area contributed by atoms with Crippen molar-refractivity contribution in [2.45, 2.75) is 46.6 Å². The zero-order chi connectivity index (χ0) is 18.1. The van der Waals surface area contributed by atoms with Gasteiger partial charge in [-0.25, -0.2) is 4.99 Å². The number of nitrogens with zero attached hydrogens (tertiary/aromatic N) is 2.